The Morgan fingerprint density at radius 3 is 2.35 bits per heavy atom. The van der Waals surface area contributed by atoms with Crippen molar-refractivity contribution in [2.45, 2.75) is 89.4 Å². The molecule has 0 radical (unpaired) electrons. The van der Waals surface area contributed by atoms with E-state index in [1.165, 1.54) is 104 Å². The van der Waals surface area contributed by atoms with Gasteiger partial charge in [0, 0.05) is 24.1 Å². The number of benzene rings is 3. The monoisotopic (exact) mass is 490 g/mol. The van der Waals surface area contributed by atoms with Crippen molar-refractivity contribution in [3.63, 3.8) is 0 Å². The molecule has 3 aromatic rings. The van der Waals surface area contributed by atoms with Gasteiger partial charge in [-0.25, -0.2) is 0 Å². The van der Waals surface area contributed by atoms with Crippen LogP contribution in [0.3, 0.4) is 0 Å². The highest BCUT2D eigenvalue weighted by atomic mass is 15.1. The summed E-state index contributed by atoms with van der Waals surface area (Å²) >= 11 is 0. The Labute approximate surface area is 224 Å². The SMILES string of the molecule is CC1(Cc2ccccc2)C(/C=C/C2CCCC2)=[N+](CCCCC2CCCC2)c2ccc3ccccc3c21. The van der Waals surface area contributed by atoms with E-state index in [1.54, 1.807) is 0 Å². The van der Waals surface area contributed by atoms with Gasteiger partial charge in [-0.1, -0.05) is 106 Å². The van der Waals surface area contributed by atoms with Gasteiger partial charge in [0.25, 0.3) is 0 Å². The van der Waals surface area contributed by atoms with Crippen LogP contribution in [0.15, 0.2) is 78.9 Å². The fraction of sp³-hybridized carbons (Fsp3) is 0.472. The van der Waals surface area contributed by atoms with Crippen molar-refractivity contribution in [3.05, 3.63) is 90.0 Å². The van der Waals surface area contributed by atoms with Crippen LogP contribution < -0.4 is 0 Å². The lowest BCUT2D eigenvalue weighted by molar-refractivity contribution is -0.438. The highest BCUT2D eigenvalue weighted by Crippen LogP contribution is 2.46. The van der Waals surface area contributed by atoms with E-state index >= 15 is 0 Å². The average Bonchev–Trinajstić information content (AvgIpc) is 3.68. The lowest BCUT2D eigenvalue weighted by atomic mass is 9.73. The Balaban J connectivity index is 1.41. The number of rotatable bonds is 9. The van der Waals surface area contributed by atoms with Crippen LogP contribution in [0, 0.1) is 11.8 Å². The summed E-state index contributed by atoms with van der Waals surface area (Å²) in [5, 5.41) is 2.79. The predicted octanol–water partition coefficient (Wildman–Crippen LogP) is 9.55. The molecule has 1 aliphatic heterocycles. The van der Waals surface area contributed by atoms with E-state index in [2.05, 4.69) is 90.4 Å². The average molecular weight is 491 g/mol. The fourth-order valence-electron chi connectivity index (χ4n) is 7.70. The molecule has 1 atom stereocenters. The van der Waals surface area contributed by atoms with E-state index in [0.29, 0.717) is 0 Å². The fourth-order valence-corrected chi connectivity index (χ4v) is 7.70. The second-order valence-electron chi connectivity index (χ2n) is 12.3. The largest absolute Gasteiger partial charge is 0.210 e. The summed E-state index contributed by atoms with van der Waals surface area (Å²) in [5.74, 6) is 1.74. The van der Waals surface area contributed by atoms with Crippen LogP contribution in [-0.4, -0.2) is 16.8 Å². The molecular weight excluding hydrogens is 446 g/mol. The minimum absolute atomic E-state index is 0.0435. The molecule has 0 saturated heterocycles. The van der Waals surface area contributed by atoms with E-state index in [1.807, 2.05) is 0 Å². The molecule has 1 heteroatoms. The van der Waals surface area contributed by atoms with Gasteiger partial charge in [0.05, 0.1) is 5.41 Å². The molecule has 2 saturated carbocycles. The van der Waals surface area contributed by atoms with Crippen LogP contribution in [0.5, 0.6) is 0 Å². The molecule has 3 aromatic carbocycles. The molecule has 2 aliphatic carbocycles. The molecule has 1 unspecified atom stereocenters. The van der Waals surface area contributed by atoms with Gasteiger partial charge < -0.3 is 0 Å². The molecule has 0 spiro atoms. The Hall–Kier alpha value is -2.67. The van der Waals surface area contributed by atoms with Crippen LogP contribution in [0.2, 0.25) is 0 Å². The summed E-state index contributed by atoms with van der Waals surface area (Å²) in [4.78, 5) is 0. The lowest BCUT2D eigenvalue weighted by Crippen LogP contribution is -2.34. The zero-order valence-electron chi connectivity index (χ0n) is 22.8. The molecule has 3 aliphatic rings. The summed E-state index contributed by atoms with van der Waals surface area (Å²) in [6.07, 6.45) is 21.6. The van der Waals surface area contributed by atoms with Gasteiger partial charge >= 0.3 is 0 Å². The van der Waals surface area contributed by atoms with Gasteiger partial charge in [-0.2, -0.15) is 4.58 Å². The molecule has 0 N–H and O–H groups in total. The quantitative estimate of drug-likeness (QED) is 0.207. The van der Waals surface area contributed by atoms with Gasteiger partial charge in [-0.05, 0) is 66.8 Å². The number of hydrogen-bond donors (Lipinski definition) is 0. The van der Waals surface area contributed by atoms with Crippen molar-refractivity contribution in [3.8, 4) is 0 Å². The number of unbranched alkanes of at least 4 members (excludes halogenated alkanes) is 1. The predicted molar refractivity (Wildman–Crippen MR) is 158 cm³/mol. The first kappa shape index (κ1) is 24.7. The Morgan fingerprint density at radius 2 is 1.54 bits per heavy atom. The normalized spacial score (nSPS) is 22.6. The van der Waals surface area contributed by atoms with Crippen molar-refractivity contribution in [1.82, 2.24) is 0 Å². The number of allylic oxidation sites excluding steroid dienone is 2. The molecule has 6 rings (SSSR count). The van der Waals surface area contributed by atoms with Crippen molar-refractivity contribution in [2.24, 2.45) is 11.8 Å². The summed E-state index contributed by atoms with van der Waals surface area (Å²) in [6, 6.07) is 25.0. The molecule has 37 heavy (non-hydrogen) atoms. The summed E-state index contributed by atoms with van der Waals surface area (Å²) in [5.41, 5.74) is 5.90. The van der Waals surface area contributed by atoms with Crippen LogP contribution in [0.1, 0.15) is 88.7 Å². The molecule has 192 valence electrons. The number of nitrogens with zero attached hydrogens (tertiary/aromatic N) is 1. The maximum atomic E-state index is 2.73. The van der Waals surface area contributed by atoms with Crippen molar-refractivity contribution >= 4 is 22.2 Å². The Kier molecular flexibility index (Phi) is 7.32. The smallest absolute Gasteiger partial charge is 0.195 e. The van der Waals surface area contributed by atoms with Gasteiger partial charge in [-0.3, -0.25) is 0 Å². The van der Waals surface area contributed by atoms with Crippen LogP contribution >= 0.6 is 0 Å². The molecule has 0 aromatic heterocycles. The van der Waals surface area contributed by atoms with Gasteiger partial charge in [0.1, 0.15) is 6.54 Å². The topological polar surface area (TPSA) is 3.01 Å². The first-order valence-electron chi connectivity index (χ1n) is 15.1. The van der Waals surface area contributed by atoms with E-state index in [4.69, 9.17) is 0 Å². The Bertz CT molecular complexity index is 1270. The maximum absolute atomic E-state index is 2.73. The zero-order chi connectivity index (χ0) is 25.1. The summed E-state index contributed by atoms with van der Waals surface area (Å²) in [7, 11) is 0. The highest BCUT2D eigenvalue weighted by molar-refractivity contribution is 6.08. The Morgan fingerprint density at radius 1 is 0.811 bits per heavy atom. The van der Waals surface area contributed by atoms with Gasteiger partial charge in [0.2, 0.25) is 5.69 Å². The zero-order valence-corrected chi connectivity index (χ0v) is 22.8. The third kappa shape index (κ3) is 5.07. The third-order valence-corrected chi connectivity index (χ3v) is 9.65. The van der Waals surface area contributed by atoms with Crippen LogP contribution in [-0.2, 0) is 11.8 Å². The van der Waals surface area contributed by atoms with E-state index in [9.17, 15) is 0 Å². The first-order chi connectivity index (χ1) is 18.2. The molecular formula is C36H44N+. The standard InChI is InChI=1S/C36H44N/c1-36(27-30-18-3-2-4-19-30)34(25-22-29-15-7-8-16-29)37(26-12-11-17-28-13-5-6-14-28)33-24-23-31-20-9-10-21-32(31)35(33)36/h2-4,9-10,18-25,28-29H,5-8,11-17,26-27H2,1H3/q+1/b25-22+. The van der Waals surface area contributed by atoms with Crippen molar-refractivity contribution in [1.29, 1.82) is 0 Å². The maximum Gasteiger partial charge on any atom is 0.210 e. The second kappa shape index (κ2) is 11.0. The lowest BCUT2D eigenvalue weighted by Gasteiger charge is -2.24. The van der Waals surface area contributed by atoms with E-state index < -0.39 is 0 Å². The van der Waals surface area contributed by atoms with E-state index in [-0.39, 0.29) is 5.41 Å². The molecule has 1 heterocycles. The van der Waals surface area contributed by atoms with E-state index in [0.717, 1.165) is 24.8 Å². The first-order valence-corrected chi connectivity index (χ1v) is 15.1. The molecule has 1 nitrogen and oxygen atoms in total. The van der Waals surface area contributed by atoms with Crippen LogP contribution in [0.4, 0.5) is 5.69 Å². The minimum Gasteiger partial charge on any atom is -0.195 e. The number of hydrogen-bond acceptors (Lipinski definition) is 0. The van der Waals surface area contributed by atoms with Crippen molar-refractivity contribution in [2.75, 3.05) is 6.54 Å². The minimum atomic E-state index is -0.0435. The van der Waals surface area contributed by atoms with Gasteiger partial charge in [0.15, 0.2) is 5.71 Å². The molecule has 0 bridgehead atoms. The molecule has 0 amide bonds. The van der Waals surface area contributed by atoms with Crippen LogP contribution in [0.25, 0.3) is 10.8 Å². The summed E-state index contributed by atoms with van der Waals surface area (Å²) in [6.45, 7) is 3.66. The number of fused-ring (bicyclic) bond motifs is 3. The molecule has 2 fully saturated rings. The van der Waals surface area contributed by atoms with Crippen molar-refractivity contribution < 1.29 is 4.58 Å². The second-order valence-corrected chi connectivity index (χ2v) is 12.3. The summed E-state index contributed by atoms with van der Waals surface area (Å²) < 4.78 is 2.73. The van der Waals surface area contributed by atoms with Gasteiger partial charge in [-0.15, -0.1) is 0 Å². The highest BCUT2D eigenvalue weighted by Gasteiger charge is 2.48. The third-order valence-electron chi connectivity index (χ3n) is 9.65.